The molecule has 2 aromatic rings. The maximum absolute atomic E-state index is 10.4. The van der Waals surface area contributed by atoms with E-state index < -0.39 is 48.6 Å². The van der Waals surface area contributed by atoms with E-state index in [0.29, 0.717) is 6.07 Å². The average Bonchev–Trinajstić information content (AvgIpc) is 2.49. The summed E-state index contributed by atoms with van der Waals surface area (Å²) in [5.74, 6) is -4.18. The fourth-order valence-electron chi connectivity index (χ4n) is 1.21. The van der Waals surface area contributed by atoms with E-state index in [0.717, 1.165) is 0 Å². The van der Waals surface area contributed by atoms with Crippen LogP contribution in [0.4, 0.5) is 0 Å². The summed E-state index contributed by atoms with van der Waals surface area (Å²) in [5.41, 5.74) is 0. The summed E-state index contributed by atoms with van der Waals surface area (Å²) in [6.07, 6.45) is 0. The van der Waals surface area contributed by atoms with Crippen molar-refractivity contribution in [2.45, 2.75) is 4.90 Å². The van der Waals surface area contributed by atoms with E-state index in [9.17, 15) is 13.0 Å². The zero-order chi connectivity index (χ0) is 20.7. The van der Waals surface area contributed by atoms with Crippen LogP contribution in [0.15, 0.2) is 29.2 Å². The van der Waals surface area contributed by atoms with Gasteiger partial charge >= 0.3 is 69.7 Å². The molecule has 0 bridgehead atoms. The molecule has 0 heterocycles. The summed E-state index contributed by atoms with van der Waals surface area (Å²) < 4.78 is 56.5. The van der Waals surface area contributed by atoms with E-state index in [1.54, 1.807) is 0 Å². The van der Waals surface area contributed by atoms with Gasteiger partial charge in [0.15, 0.2) is 17.2 Å². The molecule has 0 aliphatic carbocycles. The summed E-state index contributed by atoms with van der Waals surface area (Å²) >= 11 is 0. The van der Waals surface area contributed by atoms with Crippen molar-refractivity contribution in [3.05, 3.63) is 30.3 Å². The van der Waals surface area contributed by atoms with Gasteiger partial charge < -0.3 is 35.2 Å². The van der Waals surface area contributed by atoms with Crippen LogP contribution in [-0.2, 0) is 20.7 Å². The van der Waals surface area contributed by atoms with Crippen molar-refractivity contribution in [1.82, 2.24) is 0 Å². The van der Waals surface area contributed by atoms with Crippen molar-refractivity contribution in [3.8, 4) is 34.5 Å². The van der Waals surface area contributed by atoms with Gasteiger partial charge in [-0.3, -0.25) is 8.42 Å². The molecule has 0 fully saturated rings. The first-order valence-corrected chi connectivity index (χ1v) is 8.28. The molecule has 2 rings (SSSR count). The molecule has 28 heavy (non-hydrogen) atoms. The van der Waals surface area contributed by atoms with Crippen LogP contribution in [0, 0.1) is 6.07 Å². The number of rotatable bonds is 1. The maximum Gasteiger partial charge on any atom is 1.00 e. The average molecular weight is 456 g/mol. The van der Waals surface area contributed by atoms with Crippen LogP contribution in [0.25, 0.3) is 0 Å². The summed E-state index contributed by atoms with van der Waals surface area (Å²) in [6, 6.07) is 6.47. The largest absolute Gasteiger partial charge is 1.00 e. The molecular formula is C12H10Na2O12S2. The van der Waals surface area contributed by atoms with Gasteiger partial charge in [-0.15, -0.1) is 18.7 Å². The van der Waals surface area contributed by atoms with E-state index in [2.05, 4.69) is 0 Å². The third-order valence-electron chi connectivity index (χ3n) is 2.28. The second-order valence-corrected chi connectivity index (χ2v) is 5.76. The Morgan fingerprint density at radius 2 is 1.21 bits per heavy atom. The molecule has 0 aliphatic rings. The van der Waals surface area contributed by atoms with Crippen LogP contribution in [-0.4, -0.2) is 56.2 Å². The molecule has 0 amide bonds. The van der Waals surface area contributed by atoms with Gasteiger partial charge in [0.1, 0.15) is 0 Å². The van der Waals surface area contributed by atoms with E-state index in [-0.39, 0.29) is 70.6 Å². The minimum atomic E-state index is -4.88. The van der Waals surface area contributed by atoms with Crippen molar-refractivity contribution in [3.63, 3.8) is 0 Å². The number of hydrogen-bond donors (Lipinski definition) is 6. The smallest absolute Gasteiger partial charge is 0.754 e. The topological polar surface area (TPSA) is 230 Å². The maximum atomic E-state index is 10.4. The monoisotopic (exact) mass is 456 g/mol. The standard InChI is InChI=1S/C6H5O6S.C6H6O3.2Na.O3S/c7-3-1-2-4(13(10,11)12)6(9)5(3)8;7-4-2-1-3-5(8)6(4)9;;;1-4(2)3/h2,7-9H,(H,10,11,12);1-3,7-9H;;;/q-1;;2*+1;/p-1. The zero-order valence-corrected chi connectivity index (χ0v) is 19.9. The van der Waals surface area contributed by atoms with Crippen LogP contribution < -0.4 is 59.1 Å². The second kappa shape index (κ2) is 13.9. The molecule has 6 N–H and O–H groups in total. The Morgan fingerprint density at radius 3 is 1.54 bits per heavy atom. The molecule has 0 aliphatic heterocycles. The van der Waals surface area contributed by atoms with Crippen molar-refractivity contribution in [2.75, 3.05) is 0 Å². The molecule has 144 valence electrons. The van der Waals surface area contributed by atoms with E-state index in [1.807, 2.05) is 6.07 Å². The molecule has 0 saturated heterocycles. The summed E-state index contributed by atoms with van der Waals surface area (Å²) in [4.78, 5) is -1.03. The first-order valence-electron chi connectivity index (χ1n) is 5.87. The minimum Gasteiger partial charge on any atom is -0.754 e. The van der Waals surface area contributed by atoms with Crippen molar-refractivity contribution in [1.29, 1.82) is 0 Å². The van der Waals surface area contributed by atoms with Gasteiger partial charge in [-0.2, -0.15) is 6.07 Å². The van der Waals surface area contributed by atoms with Gasteiger partial charge in [0.25, 0.3) is 0 Å². The number of phenolic OH excluding ortho intramolecular Hbond substituents is 6. The Hall–Kier alpha value is -1.23. The van der Waals surface area contributed by atoms with Crippen molar-refractivity contribution in [2.24, 2.45) is 0 Å². The Labute approximate surface area is 204 Å². The quantitative estimate of drug-likeness (QED) is 0.102. The molecule has 0 radical (unpaired) electrons. The minimum absolute atomic E-state index is 0. The SMILES string of the molecule is O=S(=O)([O-])c1c[c-]c(O)c(O)c1O.O=S(=O)=O.Oc1cccc(O)c1O.[Na+].[Na+]. The van der Waals surface area contributed by atoms with E-state index >= 15 is 0 Å². The normalized spacial score (nSPS) is 9.18. The Bertz CT molecular complexity index is 963. The van der Waals surface area contributed by atoms with Crippen LogP contribution in [0.2, 0.25) is 0 Å². The molecule has 12 nitrogen and oxygen atoms in total. The van der Waals surface area contributed by atoms with Gasteiger partial charge in [0.05, 0.1) is 21.6 Å². The molecule has 16 heteroatoms. The zero-order valence-electron chi connectivity index (χ0n) is 14.3. The predicted molar refractivity (Wildman–Crippen MR) is 79.4 cm³/mol. The summed E-state index contributed by atoms with van der Waals surface area (Å²) in [5, 5.41) is 52.5. The summed E-state index contributed by atoms with van der Waals surface area (Å²) in [7, 11) is -7.99. The number of benzene rings is 2. The second-order valence-electron chi connectivity index (χ2n) is 4.00. The number of phenols is 6. The van der Waals surface area contributed by atoms with Crippen LogP contribution in [0.5, 0.6) is 34.5 Å². The Morgan fingerprint density at radius 1 is 0.821 bits per heavy atom. The fourth-order valence-corrected chi connectivity index (χ4v) is 1.75. The van der Waals surface area contributed by atoms with Gasteiger partial charge in [-0.25, -0.2) is 0 Å². The van der Waals surface area contributed by atoms with Gasteiger partial charge in [0.2, 0.25) is 0 Å². The first kappa shape index (κ1) is 31.5. The first-order chi connectivity index (χ1) is 11.8. The molecule has 2 aromatic carbocycles. The Balaban J connectivity index is -0.000000366. The number of aromatic hydroxyl groups is 6. The third kappa shape index (κ3) is 10.9. The van der Waals surface area contributed by atoms with E-state index in [1.165, 1.54) is 18.2 Å². The number of hydrogen-bond acceptors (Lipinski definition) is 12. The third-order valence-corrected chi connectivity index (χ3v) is 3.13. The fraction of sp³-hybridized carbons (Fsp3) is 0. The molecule has 0 atom stereocenters. The van der Waals surface area contributed by atoms with Crippen LogP contribution in [0.1, 0.15) is 0 Å². The number of para-hydroxylation sites is 1. The summed E-state index contributed by atoms with van der Waals surface area (Å²) in [6.45, 7) is 0. The van der Waals surface area contributed by atoms with Crippen molar-refractivity contribution < 1.29 is 115 Å². The van der Waals surface area contributed by atoms with E-state index in [4.69, 9.17) is 43.3 Å². The molecule has 0 spiro atoms. The predicted octanol–water partition coefficient (Wildman–Crippen LogP) is -6.69. The van der Waals surface area contributed by atoms with Gasteiger partial charge in [0, 0.05) is 5.75 Å². The van der Waals surface area contributed by atoms with Crippen LogP contribution >= 0.6 is 0 Å². The van der Waals surface area contributed by atoms with Crippen LogP contribution in [0.3, 0.4) is 0 Å². The van der Waals surface area contributed by atoms with Crippen molar-refractivity contribution >= 4 is 20.7 Å². The van der Waals surface area contributed by atoms with Gasteiger partial charge in [-0.05, 0) is 17.0 Å². The molecule has 0 saturated carbocycles. The molecular weight excluding hydrogens is 446 g/mol. The Kier molecular flexibility index (Phi) is 15.6. The molecule has 0 aromatic heterocycles. The van der Waals surface area contributed by atoms with Gasteiger partial charge in [-0.1, -0.05) is 6.07 Å². The molecule has 0 unspecified atom stereocenters.